The molecule has 0 bridgehead atoms. The number of halogens is 1. The van der Waals surface area contributed by atoms with Crippen LogP contribution in [0.3, 0.4) is 0 Å². The number of amides is 2. The highest BCUT2D eigenvalue weighted by Gasteiger charge is 2.71. The van der Waals surface area contributed by atoms with Crippen LogP contribution in [0.5, 0.6) is 5.75 Å². The first-order valence-corrected chi connectivity index (χ1v) is 12.8. The number of Topliss-reactive ketones (excluding diaryl/α,β-unsaturated/α-hetero) is 2. The number of para-hydroxylation sites is 2. The van der Waals surface area contributed by atoms with Crippen LogP contribution in [0.4, 0.5) is 5.69 Å². The number of fused-ring (bicyclic) bond motifs is 1. The molecule has 1 spiro atoms. The smallest absolute Gasteiger partial charge is 0.300 e. The third kappa shape index (κ3) is 3.49. The molecule has 2 N–H and O–H groups in total. The van der Waals surface area contributed by atoms with Crippen molar-refractivity contribution < 1.29 is 29.4 Å². The summed E-state index contributed by atoms with van der Waals surface area (Å²) >= 11 is 3.33. The van der Waals surface area contributed by atoms with Crippen molar-refractivity contribution in [1.82, 2.24) is 4.90 Å². The zero-order chi connectivity index (χ0) is 27.6. The number of rotatable bonds is 4. The normalized spacial score (nSPS) is 24.0. The molecule has 0 aromatic heterocycles. The Morgan fingerprint density at radius 2 is 1.71 bits per heavy atom. The van der Waals surface area contributed by atoms with Gasteiger partial charge in [-0.25, -0.2) is 0 Å². The highest BCUT2D eigenvalue weighted by Crippen LogP contribution is 2.56. The first-order chi connectivity index (χ1) is 18.0. The SMILES string of the molecule is C=CCN1C(=O)C2(C3=C1CC(C)(C)CC3=O)/C(=C(\O)c1ccc(Br)cc1)C(=O)C(=O)N2c1ccccc1O. The lowest BCUT2D eigenvalue weighted by atomic mass is 9.70. The average molecular weight is 577 g/mol. The molecule has 2 heterocycles. The van der Waals surface area contributed by atoms with Gasteiger partial charge in [-0.2, -0.15) is 0 Å². The van der Waals surface area contributed by atoms with Gasteiger partial charge in [0.15, 0.2) is 11.3 Å². The minimum absolute atomic E-state index is 0.0199. The predicted octanol–water partition coefficient (Wildman–Crippen LogP) is 4.45. The number of allylic oxidation sites excluding steroid dienone is 1. The summed E-state index contributed by atoms with van der Waals surface area (Å²) in [6, 6.07) is 12.1. The molecule has 1 aliphatic carbocycles. The molecule has 0 saturated carbocycles. The second kappa shape index (κ2) is 8.80. The molecule has 2 aromatic carbocycles. The van der Waals surface area contributed by atoms with Crippen molar-refractivity contribution in [1.29, 1.82) is 0 Å². The van der Waals surface area contributed by atoms with E-state index in [2.05, 4.69) is 22.5 Å². The number of aliphatic hydroxyl groups excluding tert-OH is 1. The van der Waals surface area contributed by atoms with Gasteiger partial charge in [0, 0.05) is 28.7 Å². The van der Waals surface area contributed by atoms with E-state index in [-0.39, 0.29) is 35.5 Å². The topological polar surface area (TPSA) is 115 Å². The summed E-state index contributed by atoms with van der Waals surface area (Å²) in [5.74, 6) is -4.38. The van der Waals surface area contributed by atoms with Gasteiger partial charge in [0.25, 0.3) is 11.7 Å². The molecule has 0 radical (unpaired) electrons. The van der Waals surface area contributed by atoms with Crippen molar-refractivity contribution >= 4 is 50.8 Å². The number of aliphatic hydroxyl groups is 1. The number of phenolic OH excluding ortho intramolecular Hbond substituents is 1. The Balaban J connectivity index is 1.93. The molecular formula is C29H25BrN2O6. The standard InChI is InChI=1S/C29H25BrN2O6/c1-4-13-31-19-14-28(2,3)15-21(34)22(19)29(27(31)38)23(24(35)16-9-11-17(30)12-10-16)25(36)26(37)32(29)18-7-5-6-8-20(18)33/h4-12,33,35H,1,13-15H2,2-3H3/b24-23-. The van der Waals surface area contributed by atoms with E-state index in [1.54, 1.807) is 18.2 Å². The van der Waals surface area contributed by atoms with Crippen molar-refractivity contribution in [2.45, 2.75) is 32.2 Å². The van der Waals surface area contributed by atoms with Crippen molar-refractivity contribution in [3.8, 4) is 5.75 Å². The van der Waals surface area contributed by atoms with Gasteiger partial charge < -0.3 is 15.1 Å². The van der Waals surface area contributed by atoms with Crippen LogP contribution >= 0.6 is 15.9 Å². The fourth-order valence-electron chi connectivity index (χ4n) is 5.73. The number of carbonyl (C=O) groups is 4. The Kier molecular flexibility index (Phi) is 5.94. The van der Waals surface area contributed by atoms with E-state index >= 15 is 0 Å². The van der Waals surface area contributed by atoms with Gasteiger partial charge in [0.1, 0.15) is 11.5 Å². The van der Waals surface area contributed by atoms with E-state index < -0.39 is 45.7 Å². The monoisotopic (exact) mass is 576 g/mol. The summed E-state index contributed by atoms with van der Waals surface area (Å²) in [6.07, 6.45) is 1.87. The Morgan fingerprint density at radius 3 is 2.34 bits per heavy atom. The van der Waals surface area contributed by atoms with Gasteiger partial charge in [-0.1, -0.05) is 60.1 Å². The number of phenols is 1. The summed E-state index contributed by atoms with van der Waals surface area (Å²) < 4.78 is 0.710. The molecular weight excluding hydrogens is 552 g/mol. The molecule has 1 fully saturated rings. The van der Waals surface area contributed by atoms with Crippen LogP contribution in [-0.2, 0) is 19.2 Å². The summed E-state index contributed by atoms with van der Waals surface area (Å²) in [7, 11) is 0. The maximum atomic E-state index is 14.5. The number of hydrogen-bond acceptors (Lipinski definition) is 6. The third-order valence-corrected chi connectivity index (χ3v) is 7.73. The number of nitrogens with zero attached hydrogens (tertiary/aromatic N) is 2. The minimum Gasteiger partial charge on any atom is -0.507 e. The molecule has 9 heteroatoms. The zero-order valence-electron chi connectivity index (χ0n) is 20.8. The average Bonchev–Trinajstić information content (AvgIpc) is 3.22. The Morgan fingerprint density at radius 1 is 1.05 bits per heavy atom. The molecule has 1 saturated heterocycles. The van der Waals surface area contributed by atoms with E-state index in [0.29, 0.717) is 16.6 Å². The number of carbonyl (C=O) groups excluding carboxylic acids is 4. The van der Waals surface area contributed by atoms with Crippen LogP contribution in [0.15, 0.2) is 82.5 Å². The molecule has 3 aliphatic rings. The maximum Gasteiger partial charge on any atom is 0.300 e. The second-order valence-electron chi connectivity index (χ2n) is 10.4. The fourth-order valence-corrected chi connectivity index (χ4v) is 5.99. The lowest BCUT2D eigenvalue weighted by Gasteiger charge is -2.37. The third-order valence-electron chi connectivity index (χ3n) is 7.21. The Labute approximate surface area is 227 Å². The van der Waals surface area contributed by atoms with Crippen LogP contribution in [0.2, 0.25) is 0 Å². The Bertz CT molecular complexity index is 1500. The van der Waals surface area contributed by atoms with Crippen molar-refractivity contribution in [2.75, 3.05) is 11.4 Å². The van der Waals surface area contributed by atoms with Gasteiger partial charge in [-0.15, -0.1) is 6.58 Å². The van der Waals surface area contributed by atoms with E-state index in [1.165, 1.54) is 41.3 Å². The molecule has 194 valence electrons. The number of ketones is 2. The zero-order valence-corrected chi connectivity index (χ0v) is 22.4. The summed E-state index contributed by atoms with van der Waals surface area (Å²) in [6.45, 7) is 7.56. The number of anilines is 1. The van der Waals surface area contributed by atoms with Crippen molar-refractivity contribution in [2.24, 2.45) is 5.41 Å². The minimum atomic E-state index is -2.30. The highest BCUT2D eigenvalue weighted by molar-refractivity contribution is 9.10. The molecule has 5 rings (SSSR count). The fraction of sp³-hybridized carbons (Fsp3) is 0.241. The summed E-state index contributed by atoms with van der Waals surface area (Å²) in [5, 5.41) is 22.3. The molecule has 38 heavy (non-hydrogen) atoms. The van der Waals surface area contributed by atoms with Gasteiger partial charge in [0.2, 0.25) is 0 Å². The lowest BCUT2D eigenvalue weighted by molar-refractivity contribution is -0.133. The van der Waals surface area contributed by atoms with E-state index in [1.807, 2.05) is 13.8 Å². The van der Waals surface area contributed by atoms with Crippen molar-refractivity contribution in [3.05, 3.63) is 88.1 Å². The molecule has 8 nitrogen and oxygen atoms in total. The van der Waals surface area contributed by atoms with Crippen LogP contribution in [0, 0.1) is 5.41 Å². The summed E-state index contributed by atoms with van der Waals surface area (Å²) in [4.78, 5) is 58.1. The lowest BCUT2D eigenvalue weighted by Crippen LogP contribution is -2.56. The number of hydrogen-bond donors (Lipinski definition) is 2. The van der Waals surface area contributed by atoms with E-state index in [4.69, 9.17) is 0 Å². The quantitative estimate of drug-likeness (QED) is 0.240. The molecule has 1 unspecified atom stereocenters. The Hall–Kier alpha value is -3.98. The largest absolute Gasteiger partial charge is 0.507 e. The van der Waals surface area contributed by atoms with Gasteiger partial charge in [0.05, 0.1) is 16.8 Å². The molecule has 1 atom stereocenters. The molecule has 2 amide bonds. The van der Waals surface area contributed by atoms with Crippen LogP contribution in [-0.4, -0.2) is 50.6 Å². The van der Waals surface area contributed by atoms with Crippen LogP contribution < -0.4 is 4.90 Å². The highest BCUT2D eigenvalue weighted by atomic mass is 79.9. The second-order valence-corrected chi connectivity index (χ2v) is 11.3. The van der Waals surface area contributed by atoms with Crippen molar-refractivity contribution in [3.63, 3.8) is 0 Å². The summed E-state index contributed by atoms with van der Waals surface area (Å²) in [5.41, 5.74) is -2.90. The van der Waals surface area contributed by atoms with Crippen LogP contribution in [0.25, 0.3) is 5.76 Å². The van der Waals surface area contributed by atoms with Gasteiger partial charge >= 0.3 is 5.91 Å². The number of benzene rings is 2. The van der Waals surface area contributed by atoms with Gasteiger partial charge in [-0.3, -0.25) is 24.1 Å². The van der Waals surface area contributed by atoms with E-state index in [0.717, 1.165) is 4.90 Å². The number of aromatic hydroxyl groups is 1. The predicted molar refractivity (Wildman–Crippen MR) is 144 cm³/mol. The van der Waals surface area contributed by atoms with Crippen LogP contribution in [0.1, 0.15) is 32.3 Å². The first-order valence-electron chi connectivity index (χ1n) is 12.0. The van der Waals surface area contributed by atoms with Gasteiger partial charge in [-0.05, 0) is 36.1 Å². The molecule has 2 aliphatic heterocycles. The van der Waals surface area contributed by atoms with E-state index in [9.17, 15) is 29.4 Å². The first kappa shape index (κ1) is 25.7. The maximum absolute atomic E-state index is 14.5. The molecule has 2 aromatic rings.